The van der Waals surface area contributed by atoms with E-state index in [4.69, 9.17) is 11.6 Å². The summed E-state index contributed by atoms with van der Waals surface area (Å²) in [5, 5.41) is 3.59. The van der Waals surface area contributed by atoms with Gasteiger partial charge in [0.1, 0.15) is 6.54 Å². The molecule has 4 rings (SSSR count). The molecule has 3 aromatic heterocycles. The minimum absolute atomic E-state index is 0.107. The number of nitrogens with zero attached hydrogens (tertiary/aromatic N) is 4. The summed E-state index contributed by atoms with van der Waals surface area (Å²) >= 11 is 6.02. The average molecular weight is 404 g/mol. The number of pyridine rings is 2. The minimum Gasteiger partial charge on any atom is -0.350 e. The van der Waals surface area contributed by atoms with Crippen molar-refractivity contribution < 1.29 is 4.79 Å². The van der Waals surface area contributed by atoms with Crippen molar-refractivity contribution in [3.63, 3.8) is 0 Å². The number of imidazole rings is 1. The quantitative estimate of drug-likeness (QED) is 0.528. The maximum Gasteiger partial charge on any atom is 0.240 e. The Bertz CT molecular complexity index is 1100. The summed E-state index contributed by atoms with van der Waals surface area (Å²) in [6.07, 6.45) is 8.57. The van der Waals surface area contributed by atoms with Crippen LogP contribution in [0.3, 0.4) is 0 Å². The molecule has 6 nitrogen and oxygen atoms in total. The van der Waals surface area contributed by atoms with E-state index in [2.05, 4.69) is 20.3 Å². The summed E-state index contributed by atoms with van der Waals surface area (Å²) in [6.45, 7) is 0.578. The lowest BCUT2D eigenvalue weighted by atomic mass is 10.1. The molecule has 3 heterocycles. The maximum atomic E-state index is 12.5. The molecule has 0 fully saturated rings. The first-order valence-corrected chi connectivity index (χ1v) is 9.45. The fourth-order valence-electron chi connectivity index (χ4n) is 3.05. The number of halogens is 1. The van der Waals surface area contributed by atoms with Gasteiger partial charge in [-0.1, -0.05) is 29.8 Å². The molecule has 4 aromatic rings. The van der Waals surface area contributed by atoms with Gasteiger partial charge in [-0.15, -0.1) is 0 Å². The first-order valence-electron chi connectivity index (χ1n) is 9.08. The Hall–Kier alpha value is -3.51. The van der Waals surface area contributed by atoms with Crippen LogP contribution in [0.2, 0.25) is 5.02 Å². The number of hydrogen-bond donors (Lipinski definition) is 1. The zero-order valence-electron chi connectivity index (χ0n) is 15.5. The van der Waals surface area contributed by atoms with Gasteiger partial charge in [0.25, 0.3) is 0 Å². The minimum atomic E-state index is -0.107. The molecular formula is C22H18ClN5O. The number of carbonyl (C=O) groups excluding carboxylic acids is 1. The summed E-state index contributed by atoms with van der Waals surface area (Å²) in [4.78, 5) is 25.3. The van der Waals surface area contributed by atoms with Gasteiger partial charge in [0.15, 0.2) is 0 Å². The van der Waals surface area contributed by atoms with Crippen molar-refractivity contribution in [2.24, 2.45) is 0 Å². The van der Waals surface area contributed by atoms with Gasteiger partial charge >= 0.3 is 0 Å². The highest BCUT2D eigenvalue weighted by atomic mass is 35.5. The second kappa shape index (κ2) is 8.67. The van der Waals surface area contributed by atoms with E-state index in [1.165, 1.54) is 0 Å². The Labute approximate surface area is 173 Å². The Morgan fingerprint density at radius 2 is 1.76 bits per heavy atom. The summed E-state index contributed by atoms with van der Waals surface area (Å²) in [7, 11) is 0. The van der Waals surface area contributed by atoms with E-state index in [-0.39, 0.29) is 12.5 Å². The van der Waals surface area contributed by atoms with Gasteiger partial charge in [0, 0.05) is 47.5 Å². The van der Waals surface area contributed by atoms with Crippen LogP contribution in [0, 0.1) is 0 Å². The smallest absolute Gasteiger partial charge is 0.240 e. The average Bonchev–Trinajstić information content (AvgIpc) is 3.17. The topological polar surface area (TPSA) is 72.7 Å². The first kappa shape index (κ1) is 18.8. The predicted octanol–water partition coefficient (Wildman–Crippen LogP) is 3.98. The molecule has 0 aliphatic heterocycles. The Morgan fingerprint density at radius 3 is 2.48 bits per heavy atom. The van der Waals surface area contributed by atoms with Gasteiger partial charge < -0.3 is 9.88 Å². The molecule has 144 valence electrons. The van der Waals surface area contributed by atoms with Crippen molar-refractivity contribution in [3.05, 3.63) is 90.2 Å². The Balaban J connectivity index is 1.61. The molecule has 0 spiro atoms. The lowest BCUT2D eigenvalue weighted by molar-refractivity contribution is -0.121. The number of benzene rings is 1. The number of rotatable bonds is 6. The number of amides is 1. The van der Waals surface area contributed by atoms with Crippen LogP contribution in [0.15, 0.2) is 79.6 Å². The summed E-state index contributed by atoms with van der Waals surface area (Å²) in [6, 6.07) is 15.1. The van der Waals surface area contributed by atoms with Gasteiger partial charge in [-0.2, -0.15) is 0 Å². The van der Waals surface area contributed by atoms with Gasteiger partial charge in [0.2, 0.25) is 5.91 Å². The zero-order chi connectivity index (χ0) is 20.1. The van der Waals surface area contributed by atoms with Crippen molar-refractivity contribution in [1.29, 1.82) is 0 Å². The Kier molecular flexibility index (Phi) is 5.63. The lowest BCUT2D eigenvalue weighted by Gasteiger charge is -2.11. The van der Waals surface area contributed by atoms with Gasteiger partial charge in [0.05, 0.1) is 17.7 Å². The Morgan fingerprint density at radius 1 is 0.966 bits per heavy atom. The number of carbonyl (C=O) groups is 1. The van der Waals surface area contributed by atoms with E-state index in [1.807, 2.05) is 53.1 Å². The number of hydrogen-bond acceptors (Lipinski definition) is 4. The first-order chi connectivity index (χ1) is 14.2. The molecule has 29 heavy (non-hydrogen) atoms. The SMILES string of the molecule is O=C(Cn1cnc(-c2ccc(Cl)cc2)c1-c1ccncc1)NCc1cccnc1. The molecule has 7 heteroatoms. The van der Waals surface area contributed by atoms with Crippen LogP contribution in [-0.2, 0) is 17.9 Å². The summed E-state index contributed by atoms with van der Waals surface area (Å²) in [5.74, 6) is -0.107. The monoisotopic (exact) mass is 403 g/mol. The molecule has 0 aliphatic carbocycles. The van der Waals surface area contributed by atoms with Gasteiger partial charge in [-0.3, -0.25) is 14.8 Å². The normalized spacial score (nSPS) is 10.7. The standard InChI is InChI=1S/C22H18ClN5O/c23-19-5-3-17(4-6-19)21-22(18-7-10-24-11-8-18)28(15-27-21)14-20(29)26-13-16-2-1-9-25-12-16/h1-12,15H,13-14H2,(H,26,29). The van der Waals surface area contributed by atoms with E-state index in [9.17, 15) is 4.79 Å². The van der Waals surface area contributed by atoms with E-state index in [0.29, 0.717) is 11.6 Å². The zero-order valence-corrected chi connectivity index (χ0v) is 16.3. The second-order valence-corrected chi connectivity index (χ2v) is 6.89. The van der Waals surface area contributed by atoms with E-state index < -0.39 is 0 Å². The molecular weight excluding hydrogens is 386 g/mol. The molecule has 1 amide bonds. The van der Waals surface area contributed by atoms with E-state index in [1.54, 1.807) is 31.1 Å². The fourth-order valence-corrected chi connectivity index (χ4v) is 3.17. The van der Waals surface area contributed by atoms with E-state index in [0.717, 1.165) is 28.1 Å². The molecule has 0 bridgehead atoms. The van der Waals surface area contributed by atoms with Crippen molar-refractivity contribution in [3.8, 4) is 22.5 Å². The van der Waals surface area contributed by atoms with Crippen LogP contribution in [0.1, 0.15) is 5.56 Å². The van der Waals surface area contributed by atoms with Crippen LogP contribution < -0.4 is 5.32 Å². The summed E-state index contributed by atoms with van der Waals surface area (Å²) < 4.78 is 1.85. The largest absolute Gasteiger partial charge is 0.350 e. The predicted molar refractivity (Wildman–Crippen MR) is 112 cm³/mol. The van der Waals surface area contributed by atoms with Crippen molar-refractivity contribution in [1.82, 2.24) is 24.8 Å². The third-order valence-electron chi connectivity index (χ3n) is 4.44. The maximum absolute atomic E-state index is 12.5. The highest BCUT2D eigenvalue weighted by Crippen LogP contribution is 2.31. The van der Waals surface area contributed by atoms with Crippen LogP contribution in [-0.4, -0.2) is 25.4 Å². The molecule has 1 aromatic carbocycles. The van der Waals surface area contributed by atoms with Gasteiger partial charge in [-0.25, -0.2) is 4.98 Å². The number of nitrogens with one attached hydrogen (secondary N) is 1. The molecule has 0 unspecified atom stereocenters. The third kappa shape index (κ3) is 4.50. The van der Waals surface area contributed by atoms with Crippen molar-refractivity contribution in [2.75, 3.05) is 0 Å². The number of aromatic nitrogens is 4. The molecule has 0 aliphatic rings. The molecule has 0 radical (unpaired) electrons. The molecule has 0 atom stereocenters. The van der Waals surface area contributed by atoms with Crippen LogP contribution in [0.4, 0.5) is 0 Å². The van der Waals surface area contributed by atoms with Crippen LogP contribution in [0.5, 0.6) is 0 Å². The highest BCUT2D eigenvalue weighted by molar-refractivity contribution is 6.30. The molecule has 0 saturated carbocycles. The van der Waals surface area contributed by atoms with Crippen molar-refractivity contribution >= 4 is 17.5 Å². The van der Waals surface area contributed by atoms with Crippen LogP contribution in [0.25, 0.3) is 22.5 Å². The highest BCUT2D eigenvalue weighted by Gasteiger charge is 2.17. The lowest BCUT2D eigenvalue weighted by Crippen LogP contribution is -2.27. The fraction of sp³-hybridized carbons (Fsp3) is 0.0909. The summed E-state index contributed by atoms with van der Waals surface area (Å²) in [5.41, 5.74) is 4.44. The van der Waals surface area contributed by atoms with Crippen LogP contribution >= 0.6 is 11.6 Å². The third-order valence-corrected chi connectivity index (χ3v) is 4.69. The van der Waals surface area contributed by atoms with E-state index >= 15 is 0 Å². The molecule has 1 N–H and O–H groups in total. The van der Waals surface area contributed by atoms with Crippen molar-refractivity contribution in [2.45, 2.75) is 13.1 Å². The molecule has 0 saturated heterocycles. The second-order valence-electron chi connectivity index (χ2n) is 6.45. The van der Waals surface area contributed by atoms with Gasteiger partial charge in [-0.05, 0) is 35.9 Å².